The number of carbonyl (C=O) groups is 1. The fourth-order valence-electron chi connectivity index (χ4n) is 2.93. The molecular weight excluding hydrogens is 348 g/mol. The van der Waals surface area contributed by atoms with Gasteiger partial charge in [0.1, 0.15) is 12.5 Å². The highest BCUT2D eigenvalue weighted by atomic mass is 19.4. The van der Waals surface area contributed by atoms with Crippen LogP contribution in [0.15, 0.2) is 11.1 Å². The summed E-state index contributed by atoms with van der Waals surface area (Å²) >= 11 is 0. The fourth-order valence-corrected chi connectivity index (χ4v) is 2.93. The molecule has 1 fully saturated rings. The molecule has 2 aromatic rings. The zero-order valence-corrected chi connectivity index (χ0v) is 13.0. The van der Waals surface area contributed by atoms with Crippen molar-refractivity contribution >= 4 is 11.6 Å². The summed E-state index contributed by atoms with van der Waals surface area (Å²) in [6.45, 7) is 0. The molecule has 0 aromatic carbocycles. The van der Waals surface area contributed by atoms with Crippen LogP contribution in [0.5, 0.6) is 0 Å². The Balaban J connectivity index is 1.83. The second-order valence-corrected chi connectivity index (χ2v) is 5.89. The third kappa shape index (κ3) is 3.07. The van der Waals surface area contributed by atoms with Crippen LogP contribution in [0.25, 0.3) is 5.65 Å². The summed E-state index contributed by atoms with van der Waals surface area (Å²) in [5, 5.41) is 9.42. The number of amides is 1. The molecule has 2 heterocycles. The van der Waals surface area contributed by atoms with Crippen LogP contribution in [-0.4, -0.2) is 48.7 Å². The first kappa shape index (κ1) is 17.3. The number of carbonyl (C=O) groups excluding carboxylic acids is 1. The largest absolute Gasteiger partial charge is 0.394 e. The third-order valence-corrected chi connectivity index (χ3v) is 4.25. The molecule has 0 radical (unpaired) electrons. The number of rotatable bonds is 2. The Hall–Kier alpha value is -2.53. The molecule has 0 aliphatic heterocycles. The summed E-state index contributed by atoms with van der Waals surface area (Å²) in [4.78, 5) is 27.8. The maximum atomic E-state index is 14.2. The van der Waals surface area contributed by atoms with Crippen LogP contribution in [0.2, 0.25) is 0 Å². The smallest absolute Gasteiger partial charge is 0.345 e. The Labute approximate surface area is 137 Å². The van der Waals surface area contributed by atoms with Crippen LogP contribution in [0.1, 0.15) is 29.8 Å². The van der Waals surface area contributed by atoms with Gasteiger partial charge in [-0.15, -0.1) is 5.10 Å². The summed E-state index contributed by atoms with van der Waals surface area (Å²) in [6, 6.07) is -1.29. The number of halogens is 4. The lowest BCUT2D eigenvalue weighted by Gasteiger charge is -2.34. The van der Waals surface area contributed by atoms with E-state index < -0.39 is 35.9 Å². The van der Waals surface area contributed by atoms with Gasteiger partial charge >= 0.3 is 11.9 Å². The zero-order valence-electron chi connectivity index (χ0n) is 13.0. The van der Waals surface area contributed by atoms with Gasteiger partial charge in [-0.2, -0.15) is 17.9 Å². The summed E-state index contributed by atoms with van der Waals surface area (Å²) in [6.07, 6.45) is -5.95. The molecule has 0 bridgehead atoms. The molecule has 1 aliphatic rings. The predicted molar refractivity (Wildman–Crippen MR) is 75.6 cm³/mol. The number of hydrogen-bond acceptors (Lipinski definition) is 5. The van der Waals surface area contributed by atoms with E-state index in [2.05, 4.69) is 20.6 Å². The second-order valence-electron chi connectivity index (χ2n) is 5.89. The highest BCUT2D eigenvalue weighted by Crippen LogP contribution is 2.39. The maximum Gasteiger partial charge on any atom is 0.394 e. The van der Waals surface area contributed by atoms with E-state index in [1.54, 1.807) is 0 Å². The Morgan fingerprint density at radius 3 is 2.76 bits per heavy atom. The zero-order chi connectivity index (χ0) is 18.4. The molecule has 0 spiro atoms. The molecule has 25 heavy (non-hydrogen) atoms. The first-order valence-electron chi connectivity index (χ1n) is 7.49. The average molecular weight is 362 g/mol. The number of aryl methyl sites for hydroxylation is 1. The molecule has 1 saturated carbocycles. The van der Waals surface area contributed by atoms with E-state index in [0.717, 1.165) is 15.4 Å². The van der Waals surface area contributed by atoms with Gasteiger partial charge in [0.25, 0.3) is 5.91 Å². The lowest BCUT2D eigenvalue weighted by molar-refractivity contribution is -0.200. The molecule has 2 aromatic heterocycles. The van der Waals surface area contributed by atoms with Crippen molar-refractivity contribution < 1.29 is 22.4 Å². The van der Waals surface area contributed by atoms with Gasteiger partial charge in [0, 0.05) is 7.05 Å². The third-order valence-electron chi connectivity index (χ3n) is 4.25. The van der Waals surface area contributed by atoms with Crippen molar-refractivity contribution in [1.82, 2.24) is 29.7 Å². The molecule has 1 N–H and O–H groups in total. The minimum atomic E-state index is -4.67. The Morgan fingerprint density at radius 1 is 1.36 bits per heavy atom. The predicted octanol–water partition coefficient (Wildman–Crippen LogP) is 0.622. The molecule has 1 amide bonds. The van der Waals surface area contributed by atoms with Gasteiger partial charge in [-0.1, -0.05) is 11.6 Å². The van der Waals surface area contributed by atoms with Crippen molar-refractivity contribution in [3.8, 4) is 0 Å². The first-order valence-corrected chi connectivity index (χ1v) is 7.49. The summed E-state index contributed by atoms with van der Waals surface area (Å²) in [5.41, 5.74) is -1.06. The van der Waals surface area contributed by atoms with Crippen LogP contribution in [0, 0.1) is 5.92 Å². The van der Waals surface area contributed by atoms with Crippen molar-refractivity contribution in [2.45, 2.75) is 37.7 Å². The van der Waals surface area contributed by atoms with E-state index in [0.29, 0.717) is 0 Å². The monoisotopic (exact) mass is 362 g/mol. The van der Waals surface area contributed by atoms with Crippen LogP contribution in [0.4, 0.5) is 17.6 Å². The van der Waals surface area contributed by atoms with Gasteiger partial charge in [0.15, 0.2) is 11.3 Å². The van der Waals surface area contributed by atoms with E-state index >= 15 is 0 Å². The summed E-state index contributed by atoms with van der Waals surface area (Å²) in [7, 11) is 1.35. The Morgan fingerprint density at radius 2 is 2.08 bits per heavy atom. The number of aromatic nitrogens is 5. The summed E-state index contributed by atoms with van der Waals surface area (Å²) < 4.78 is 54.6. The molecule has 3 unspecified atom stereocenters. The van der Waals surface area contributed by atoms with Crippen molar-refractivity contribution in [3.05, 3.63) is 22.5 Å². The topological polar surface area (TPSA) is 94.2 Å². The average Bonchev–Trinajstić information content (AvgIpc) is 2.96. The van der Waals surface area contributed by atoms with Crippen LogP contribution in [-0.2, 0) is 7.05 Å². The fraction of sp³-hybridized carbons (Fsp3) is 0.615. The number of fused-ring (bicyclic) bond motifs is 1. The van der Waals surface area contributed by atoms with Gasteiger partial charge in [0.05, 0.1) is 12.0 Å². The minimum absolute atomic E-state index is 0.0821. The van der Waals surface area contributed by atoms with Crippen molar-refractivity contribution in [2.75, 3.05) is 0 Å². The van der Waals surface area contributed by atoms with Gasteiger partial charge in [-0.3, -0.25) is 4.79 Å². The molecule has 136 valence electrons. The van der Waals surface area contributed by atoms with Crippen molar-refractivity contribution in [2.24, 2.45) is 13.0 Å². The number of nitrogens with one attached hydrogen (secondary N) is 1. The van der Waals surface area contributed by atoms with E-state index in [-0.39, 0.29) is 30.6 Å². The number of hydrogen-bond donors (Lipinski definition) is 1. The van der Waals surface area contributed by atoms with Crippen molar-refractivity contribution in [1.29, 1.82) is 0 Å². The van der Waals surface area contributed by atoms with E-state index in [1.807, 2.05) is 0 Å². The number of imidazole rings is 1. The summed E-state index contributed by atoms with van der Waals surface area (Å²) in [5.74, 6) is -3.02. The molecule has 0 saturated heterocycles. The lowest BCUT2D eigenvalue weighted by Crippen LogP contribution is -2.50. The molecule has 12 heteroatoms. The van der Waals surface area contributed by atoms with E-state index in [1.165, 1.54) is 7.05 Å². The normalized spacial score (nSPS) is 24.4. The van der Waals surface area contributed by atoms with Crippen LogP contribution < -0.4 is 11.0 Å². The number of nitrogens with zero attached hydrogens (tertiary/aromatic N) is 5. The van der Waals surface area contributed by atoms with Gasteiger partial charge in [-0.05, 0) is 12.8 Å². The standard InChI is InChI=1S/C13H14F4N6O2/c1-22-12(25)23-5-18-9(10(23)20-21-22)11(24)19-7-4-2-3-6(8(7)14)13(15,16)17/h5-8H,2-4H2,1H3,(H,19,24). The number of alkyl halides is 4. The van der Waals surface area contributed by atoms with Crippen LogP contribution >= 0.6 is 0 Å². The highest BCUT2D eigenvalue weighted by Gasteiger charge is 2.49. The highest BCUT2D eigenvalue weighted by molar-refractivity contribution is 5.98. The molecular formula is C13H14F4N6O2. The Bertz CT molecular complexity index is 860. The van der Waals surface area contributed by atoms with Crippen LogP contribution in [0.3, 0.4) is 0 Å². The van der Waals surface area contributed by atoms with Gasteiger partial charge in [-0.25, -0.2) is 18.6 Å². The molecule has 3 rings (SSSR count). The molecule has 3 atom stereocenters. The molecule has 8 nitrogen and oxygen atoms in total. The second kappa shape index (κ2) is 6.08. The van der Waals surface area contributed by atoms with Gasteiger partial charge < -0.3 is 5.32 Å². The quantitative estimate of drug-likeness (QED) is 0.791. The van der Waals surface area contributed by atoms with E-state index in [9.17, 15) is 27.2 Å². The van der Waals surface area contributed by atoms with Crippen molar-refractivity contribution in [3.63, 3.8) is 0 Å². The SMILES string of the molecule is Cn1nnc2c(C(=O)NC3CCCC(C(F)(F)F)C3F)ncn2c1=O. The maximum absolute atomic E-state index is 14.2. The minimum Gasteiger partial charge on any atom is -0.345 e. The Kier molecular flexibility index (Phi) is 4.21. The van der Waals surface area contributed by atoms with E-state index in [4.69, 9.17) is 0 Å². The molecule has 1 aliphatic carbocycles. The lowest BCUT2D eigenvalue weighted by atomic mass is 9.83. The first-order chi connectivity index (χ1) is 11.7. The van der Waals surface area contributed by atoms with Gasteiger partial charge in [0.2, 0.25) is 0 Å².